The molecule has 5 heteroatoms. The second-order valence-electron chi connectivity index (χ2n) is 3.55. The number of nitrogens with two attached hydrogens (primary N) is 2. The molecule has 5 nitrogen and oxygen atoms in total. The summed E-state index contributed by atoms with van der Waals surface area (Å²) < 4.78 is 5.05. The Morgan fingerprint density at radius 3 is 2.71 bits per heavy atom. The SMILES string of the molecule is COc1cc(-c2ccc(N)c([NH2+][O-])c2)ccn1. The lowest BCUT2D eigenvalue weighted by Gasteiger charge is -2.08. The number of nitrogen functional groups attached to an aromatic ring is 1. The van der Waals surface area contributed by atoms with Crippen LogP contribution in [0.4, 0.5) is 11.4 Å². The molecule has 0 bridgehead atoms. The fraction of sp³-hybridized carbons (Fsp3) is 0.0833. The molecule has 0 aliphatic rings. The molecule has 1 aromatic heterocycles. The van der Waals surface area contributed by atoms with E-state index in [0.29, 0.717) is 17.3 Å². The van der Waals surface area contributed by atoms with E-state index in [9.17, 15) is 5.21 Å². The van der Waals surface area contributed by atoms with Crippen LogP contribution in [0, 0.1) is 5.21 Å². The van der Waals surface area contributed by atoms with E-state index >= 15 is 0 Å². The van der Waals surface area contributed by atoms with Crippen molar-refractivity contribution in [3.63, 3.8) is 0 Å². The van der Waals surface area contributed by atoms with Crippen LogP contribution in [-0.4, -0.2) is 12.1 Å². The van der Waals surface area contributed by atoms with Gasteiger partial charge >= 0.3 is 0 Å². The normalized spacial score (nSPS) is 10.2. The van der Waals surface area contributed by atoms with Gasteiger partial charge in [-0.2, -0.15) is 0 Å². The number of nitrogens with zero attached hydrogens (tertiary/aromatic N) is 1. The van der Waals surface area contributed by atoms with Crippen LogP contribution in [0.2, 0.25) is 0 Å². The van der Waals surface area contributed by atoms with Crippen molar-refractivity contribution in [2.24, 2.45) is 0 Å². The lowest BCUT2D eigenvalue weighted by atomic mass is 10.1. The summed E-state index contributed by atoms with van der Waals surface area (Å²) >= 11 is 0. The van der Waals surface area contributed by atoms with E-state index in [1.165, 1.54) is 0 Å². The number of methoxy groups -OCH3 is 1. The Morgan fingerprint density at radius 2 is 2.00 bits per heavy atom. The van der Waals surface area contributed by atoms with Gasteiger partial charge in [0, 0.05) is 18.3 Å². The zero-order valence-electron chi connectivity index (χ0n) is 9.38. The average molecular weight is 231 g/mol. The van der Waals surface area contributed by atoms with Crippen LogP contribution in [-0.2, 0) is 0 Å². The number of benzene rings is 1. The van der Waals surface area contributed by atoms with Crippen molar-refractivity contribution in [3.8, 4) is 17.0 Å². The first-order valence-corrected chi connectivity index (χ1v) is 5.09. The molecule has 4 N–H and O–H groups in total. The molecule has 0 aliphatic heterocycles. The molecule has 0 saturated heterocycles. The van der Waals surface area contributed by atoms with Crippen LogP contribution in [0.1, 0.15) is 0 Å². The molecule has 0 fully saturated rings. The highest BCUT2D eigenvalue weighted by Crippen LogP contribution is 2.26. The van der Waals surface area contributed by atoms with E-state index in [0.717, 1.165) is 16.6 Å². The molecule has 0 saturated carbocycles. The average Bonchev–Trinajstić information content (AvgIpc) is 2.39. The molecule has 88 valence electrons. The topological polar surface area (TPSA) is 87.8 Å². The smallest absolute Gasteiger partial charge is 0.213 e. The fourth-order valence-corrected chi connectivity index (χ4v) is 1.56. The van der Waals surface area contributed by atoms with E-state index in [1.807, 2.05) is 12.1 Å². The van der Waals surface area contributed by atoms with E-state index in [2.05, 4.69) is 4.98 Å². The van der Waals surface area contributed by atoms with Crippen LogP contribution in [0.15, 0.2) is 36.5 Å². The number of aromatic nitrogens is 1. The van der Waals surface area contributed by atoms with Crippen LogP contribution in [0.5, 0.6) is 5.88 Å². The molecule has 0 unspecified atom stereocenters. The summed E-state index contributed by atoms with van der Waals surface area (Å²) in [7, 11) is 1.56. The third-order valence-corrected chi connectivity index (χ3v) is 2.49. The molecule has 0 radical (unpaired) electrons. The molecule has 1 aromatic carbocycles. The van der Waals surface area contributed by atoms with Gasteiger partial charge in [-0.05, 0) is 23.3 Å². The van der Waals surface area contributed by atoms with Gasteiger partial charge in [-0.1, -0.05) is 6.07 Å². The first kappa shape index (κ1) is 11.4. The minimum Gasteiger partial charge on any atom is -0.630 e. The van der Waals surface area contributed by atoms with E-state index in [4.69, 9.17) is 10.5 Å². The molecule has 2 rings (SSSR count). The molecular formula is C12H13N3O2. The van der Waals surface area contributed by atoms with Crippen molar-refractivity contribution in [1.29, 1.82) is 0 Å². The summed E-state index contributed by atoms with van der Waals surface area (Å²) in [5.41, 5.74) is 9.21. The summed E-state index contributed by atoms with van der Waals surface area (Å²) in [6.45, 7) is 0. The Balaban J connectivity index is 2.45. The zero-order chi connectivity index (χ0) is 12.3. The molecule has 2 aromatic rings. The van der Waals surface area contributed by atoms with Gasteiger partial charge in [0.15, 0.2) is 5.69 Å². The highest BCUT2D eigenvalue weighted by molar-refractivity contribution is 5.72. The van der Waals surface area contributed by atoms with E-state index in [1.54, 1.807) is 31.5 Å². The van der Waals surface area contributed by atoms with E-state index in [-0.39, 0.29) is 0 Å². The highest BCUT2D eigenvalue weighted by Gasteiger charge is 2.05. The van der Waals surface area contributed by atoms with Crippen molar-refractivity contribution in [3.05, 3.63) is 41.7 Å². The van der Waals surface area contributed by atoms with Gasteiger partial charge in [-0.3, -0.25) is 0 Å². The number of quaternary nitrogens is 1. The van der Waals surface area contributed by atoms with Gasteiger partial charge in [-0.15, -0.1) is 0 Å². The standard InChI is InChI=1S/C12H13N3O2/c1-17-12-7-9(4-5-14-12)8-2-3-10(13)11(6-8)15-16/h2-7H,13,15H2,1H3. The molecule has 0 spiro atoms. The predicted molar refractivity (Wildman–Crippen MR) is 65.6 cm³/mol. The Hall–Kier alpha value is -2.11. The van der Waals surface area contributed by atoms with Crippen molar-refractivity contribution in [1.82, 2.24) is 4.98 Å². The number of ether oxygens (including phenoxy) is 1. The molecular weight excluding hydrogens is 218 g/mol. The maximum atomic E-state index is 10.8. The predicted octanol–water partition coefficient (Wildman–Crippen LogP) is 1.03. The second-order valence-corrected chi connectivity index (χ2v) is 3.55. The maximum absolute atomic E-state index is 10.8. The quantitative estimate of drug-likeness (QED) is 0.610. The summed E-state index contributed by atoms with van der Waals surface area (Å²) in [6, 6.07) is 8.98. The first-order valence-electron chi connectivity index (χ1n) is 5.09. The maximum Gasteiger partial charge on any atom is 0.213 e. The van der Waals surface area contributed by atoms with Crippen LogP contribution < -0.4 is 16.0 Å². The number of rotatable bonds is 3. The van der Waals surface area contributed by atoms with Gasteiger partial charge in [0.2, 0.25) is 5.88 Å². The lowest BCUT2D eigenvalue weighted by Crippen LogP contribution is -2.70. The summed E-state index contributed by atoms with van der Waals surface area (Å²) in [4.78, 5) is 4.03. The Morgan fingerprint density at radius 1 is 1.24 bits per heavy atom. The van der Waals surface area contributed by atoms with Gasteiger partial charge in [0.25, 0.3) is 0 Å². The molecule has 0 amide bonds. The first-order chi connectivity index (χ1) is 8.24. The van der Waals surface area contributed by atoms with Crippen LogP contribution >= 0.6 is 0 Å². The molecule has 1 heterocycles. The number of hydrogen-bond acceptors (Lipinski definition) is 4. The van der Waals surface area contributed by atoms with Crippen molar-refractivity contribution >= 4 is 11.4 Å². The van der Waals surface area contributed by atoms with Gasteiger partial charge in [0.1, 0.15) is 0 Å². The monoisotopic (exact) mass is 231 g/mol. The highest BCUT2D eigenvalue weighted by atomic mass is 16.5. The lowest BCUT2D eigenvalue weighted by molar-refractivity contribution is -0.496. The zero-order valence-corrected chi connectivity index (χ0v) is 9.38. The minimum absolute atomic E-state index is 0.477. The number of pyridine rings is 1. The molecule has 17 heavy (non-hydrogen) atoms. The Kier molecular flexibility index (Phi) is 3.22. The number of hydrogen-bond donors (Lipinski definition) is 2. The van der Waals surface area contributed by atoms with Crippen LogP contribution in [0.3, 0.4) is 0 Å². The fourth-order valence-electron chi connectivity index (χ4n) is 1.56. The minimum atomic E-state index is 0.477. The van der Waals surface area contributed by atoms with Gasteiger partial charge in [-0.25, -0.2) is 4.98 Å². The summed E-state index contributed by atoms with van der Waals surface area (Å²) in [5, 5.41) is 10.8. The second kappa shape index (κ2) is 4.82. The van der Waals surface area contributed by atoms with Crippen LogP contribution in [0.25, 0.3) is 11.1 Å². The summed E-state index contributed by atoms with van der Waals surface area (Å²) in [6.07, 6.45) is 1.66. The van der Waals surface area contributed by atoms with Crippen molar-refractivity contribution in [2.75, 3.05) is 12.8 Å². The van der Waals surface area contributed by atoms with Crippen molar-refractivity contribution < 1.29 is 10.2 Å². The Bertz CT molecular complexity index is 529. The molecule has 0 atom stereocenters. The molecule has 0 aliphatic carbocycles. The van der Waals surface area contributed by atoms with Gasteiger partial charge in [0.05, 0.1) is 12.8 Å². The third-order valence-electron chi connectivity index (χ3n) is 2.49. The van der Waals surface area contributed by atoms with Crippen molar-refractivity contribution in [2.45, 2.75) is 0 Å². The van der Waals surface area contributed by atoms with Gasteiger partial charge < -0.3 is 21.2 Å². The van der Waals surface area contributed by atoms with E-state index < -0.39 is 0 Å². The third kappa shape index (κ3) is 2.35. The largest absolute Gasteiger partial charge is 0.630 e. The Labute approximate surface area is 98.8 Å². The summed E-state index contributed by atoms with van der Waals surface area (Å²) in [5.74, 6) is 0.534. The number of anilines is 1.